The van der Waals surface area contributed by atoms with Crippen LogP contribution in [0.1, 0.15) is 12.0 Å². The van der Waals surface area contributed by atoms with Gasteiger partial charge in [0.2, 0.25) is 5.88 Å². The highest BCUT2D eigenvalue weighted by atomic mass is 79.9. The van der Waals surface area contributed by atoms with Crippen LogP contribution in [0.3, 0.4) is 0 Å². The van der Waals surface area contributed by atoms with Crippen LogP contribution in [0.25, 0.3) is 0 Å². The number of halogens is 6. The van der Waals surface area contributed by atoms with Gasteiger partial charge < -0.3 is 4.74 Å². The molecule has 0 radical (unpaired) electrons. The number of hydrogen-bond acceptors (Lipinski definition) is 4. The third-order valence-corrected chi connectivity index (χ3v) is 2.18. The molecule has 1 aromatic rings. The number of ether oxygens (including phenoxy) is 1. The van der Waals surface area contributed by atoms with E-state index in [-0.39, 0.29) is 6.07 Å². The molecule has 0 amide bonds. The molecule has 0 aliphatic carbocycles. The van der Waals surface area contributed by atoms with E-state index in [9.17, 15) is 32.1 Å². The molecule has 100 valence electrons. The minimum absolute atomic E-state index is 0.267. The van der Waals surface area contributed by atoms with Crippen LogP contribution in [0.2, 0.25) is 0 Å². The minimum Gasteiger partial charge on any atom is -0.387 e. The van der Waals surface area contributed by atoms with Gasteiger partial charge in [0, 0.05) is 6.07 Å². The van der Waals surface area contributed by atoms with Gasteiger partial charge in [0.15, 0.2) is 4.60 Å². The van der Waals surface area contributed by atoms with E-state index in [1.54, 1.807) is 0 Å². The van der Waals surface area contributed by atoms with E-state index in [1.807, 2.05) is 0 Å². The quantitative estimate of drug-likeness (QED) is 0.366. The smallest absolute Gasteiger partial charge is 0.387 e. The fourth-order valence-electron chi connectivity index (χ4n) is 0.955. The molecule has 0 N–H and O–H groups in total. The highest BCUT2D eigenvalue weighted by Gasteiger charge is 2.35. The van der Waals surface area contributed by atoms with E-state index in [1.165, 1.54) is 0 Å². The second kappa shape index (κ2) is 5.00. The van der Waals surface area contributed by atoms with Crippen molar-refractivity contribution in [1.82, 2.24) is 4.98 Å². The number of rotatable bonds is 3. The Morgan fingerprint density at radius 2 is 2.00 bits per heavy atom. The number of pyridine rings is 1. The van der Waals surface area contributed by atoms with Gasteiger partial charge in [0.05, 0.1) is 10.5 Å². The van der Waals surface area contributed by atoms with Crippen molar-refractivity contribution >= 4 is 21.6 Å². The Kier molecular flexibility index (Phi) is 4.04. The van der Waals surface area contributed by atoms with Gasteiger partial charge in [0.1, 0.15) is 0 Å². The molecule has 0 atom stereocenters. The summed E-state index contributed by atoms with van der Waals surface area (Å²) >= 11 is 2.49. The maximum absolute atomic E-state index is 12.5. The van der Waals surface area contributed by atoms with E-state index in [2.05, 4.69) is 25.7 Å². The highest BCUT2D eigenvalue weighted by molar-refractivity contribution is 9.10. The minimum atomic E-state index is -5.23. The van der Waals surface area contributed by atoms with Crippen molar-refractivity contribution in [3.05, 3.63) is 26.3 Å². The van der Waals surface area contributed by atoms with Crippen LogP contribution < -0.4 is 4.74 Å². The lowest BCUT2D eigenvalue weighted by molar-refractivity contribution is -0.386. The van der Waals surface area contributed by atoms with Crippen molar-refractivity contribution in [3.8, 4) is 5.88 Å². The molecule has 18 heavy (non-hydrogen) atoms. The predicted molar refractivity (Wildman–Crippen MR) is 50.2 cm³/mol. The Balaban J connectivity index is 3.34. The van der Waals surface area contributed by atoms with Crippen LogP contribution in [0.15, 0.2) is 10.7 Å². The fourth-order valence-corrected chi connectivity index (χ4v) is 1.38. The second-order valence-corrected chi connectivity index (χ2v) is 3.55. The maximum Gasteiger partial charge on any atom is 0.574 e. The zero-order chi connectivity index (χ0) is 14.1. The summed E-state index contributed by atoms with van der Waals surface area (Å²) in [6, 6.07) is 0.267. The number of nitro groups is 1. The molecule has 0 saturated carbocycles. The van der Waals surface area contributed by atoms with Gasteiger partial charge >= 0.3 is 12.0 Å². The molecular weight excluding hydrogens is 335 g/mol. The first-order valence-electron chi connectivity index (χ1n) is 4.00. The molecule has 5 nitrogen and oxygen atoms in total. The van der Waals surface area contributed by atoms with Crippen LogP contribution in [0.4, 0.5) is 27.6 Å². The van der Waals surface area contributed by atoms with Crippen molar-refractivity contribution in [2.45, 2.75) is 12.8 Å². The normalized spacial score (nSPS) is 11.7. The van der Waals surface area contributed by atoms with Gasteiger partial charge in [-0.3, -0.25) is 10.1 Å². The highest BCUT2D eigenvalue weighted by Crippen LogP contribution is 2.36. The maximum atomic E-state index is 12.5. The molecule has 1 rings (SSSR count). The summed E-state index contributed by atoms with van der Waals surface area (Å²) in [7, 11) is 0. The summed E-state index contributed by atoms with van der Waals surface area (Å²) in [5.74, 6) is -1.44. The van der Waals surface area contributed by atoms with E-state index < -0.39 is 39.4 Å². The number of nitrogens with zero attached hydrogens (tertiary/aromatic N) is 2. The van der Waals surface area contributed by atoms with Crippen LogP contribution in [-0.2, 0) is 0 Å². The lowest BCUT2D eigenvalue weighted by Crippen LogP contribution is -2.19. The largest absolute Gasteiger partial charge is 0.574 e. The molecule has 0 fully saturated rings. The zero-order valence-electron chi connectivity index (χ0n) is 8.04. The Bertz CT molecular complexity index is 479. The van der Waals surface area contributed by atoms with Crippen molar-refractivity contribution in [1.29, 1.82) is 0 Å². The van der Waals surface area contributed by atoms with E-state index in [0.29, 0.717) is 0 Å². The van der Waals surface area contributed by atoms with E-state index in [4.69, 9.17) is 0 Å². The van der Waals surface area contributed by atoms with Gasteiger partial charge in [-0.1, -0.05) is 0 Å². The van der Waals surface area contributed by atoms with Gasteiger partial charge in [-0.05, 0) is 15.9 Å². The summed E-state index contributed by atoms with van der Waals surface area (Å²) in [4.78, 5) is 12.3. The molecular formula is C7H2BrF5N2O3. The first-order chi connectivity index (χ1) is 8.11. The predicted octanol–water partition coefficient (Wildman–Crippen LogP) is 3.59. The Morgan fingerprint density at radius 3 is 2.39 bits per heavy atom. The van der Waals surface area contributed by atoms with Crippen LogP contribution in [0.5, 0.6) is 5.88 Å². The van der Waals surface area contributed by atoms with Gasteiger partial charge in [-0.2, -0.15) is 4.98 Å². The molecule has 0 unspecified atom stereocenters. The molecule has 0 aliphatic heterocycles. The fraction of sp³-hybridized carbons (Fsp3) is 0.286. The standard InChI is InChI=1S/C7H2BrF5N2O3/c8-4-3(15(16)17)1-2(5(9)10)6(14-4)18-7(11,12)13/h1,5H. The molecule has 1 aromatic heterocycles. The molecule has 11 heteroatoms. The first kappa shape index (κ1) is 14.5. The van der Waals surface area contributed by atoms with Gasteiger partial charge in [-0.15, -0.1) is 13.2 Å². The number of hydrogen-bond donors (Lipinski definition) is 0. The van der Waals surface area contributed by atoms with Crippen LogP contribution in [-0.4, -0.2) is 16.3 Å². The summed E-state index contributed by atoms with van der Waals surface area (Å²) in [6.45, 7) is 0. The lowest BCUT2D eigenvalue weighted by atomic mass is 10.2. The third kappa shape index (κ3) is 3.48. The first-order valence-corrected chi connectivity index (χ1v) is 4.80. The Hall–Kier alpha value is -1.52. The summed E-state index contributed by atoms with van der Waals surface area (Å²) in [5.41, 5.74) is -2.21. The molecule has 0 saturated heterocycles. The van der Waals surface area contributed by atoms with Crippen molar-refractivity contribution in [2.75, 3.05) is 0 Å². The van der Waals surface area contributed by atoms with E-state index in [0.717, 1.165) is 0 Å². The van der Waals surface area contributed by atoms with Crippen molar-refractivity contribution in [3.63, 3.8) is 0 Å². The lowest BCUT2D eigenvalue weighted by Gasteiger charge is -2.11. The average Bonchev–Trinajstić information content (AvgIpc) is 2.13. The SMILES string of the molecule is O=[N+]([O-])c1cc(C(F)F)c(OC(F)(F)F)nc1Br. The summed E-state index contributed by atoms with van der Waals surface area (Å²) in [6.07, 6.45) is -8.63. The number of alkyl halides is 5. The Morgan fingerprint density at radius 1 is 1.44 bits per heavy atom. The van der Waals surface area contributed by atoms with E-state index >= 15 is 0 Å². The molecule has 0 aromatic carbocycles. The third-order valence-electron chi connectivity index (χ3n) is 1.59. The molecule has 0 spiro atoms. The molecule has 0 aliphatic rings. The summed E-state index contributed by atoms with van der Waals surface area (Å²) in [5, 5.41) is 10.4. The van der Waals surface area contributed by atoms with Crippen molar-refractivity contribution in [2.24, 2.45) is 0 Å². The Labute approximate surface area is 104 Å². The van der Waals surface area contributed by atoms with Crippen molar-refractivity contribution < 1.29 is 31.6 Å². The summed E-state index contributed by atoms with van der Waals surface area (Å²) < 4.78 is 63.3. The zero-order valence-corrected chi connectivity index (χ0v) is 9.63. The number of aromatic nitrogens is 1. The monoisotopic (exact) mass is 336 g/mol. The average molecular weight is 337 g/mol. The van der Waals surface area contributed by atoms with Gasteiger partial charge in [-0.25, -0.2) is 8.78 Å². The molecule has 1 heterocycles. The molecule has 0 bridgehead atoms. The van der Waals surface area contributed by atoms with Gasteiger partial charge in [0.25, 0.3) is 6.43 Å². The topological polar surface area (TPSA) is 65.3 Å². The second-order valence-electron chi connectivity index (χ2n) is 2.80. The van der Waals surface area contributed by atoms with Crippen LogP contribution in [0, 0.1) is 10.1 Å². The van der Waals surface area contributed by atoms with Crippen LogP contribution >= 0.6 is 15.9 Å².